The van der Waals surface area contributed by atoms with E-state index in [-0.39, 0.29) is 5.56 Å². The van der Waals surface area contributed by atoms with E-state index in [0.29, 0.717) is 10.5 Å². The summed E-state index contributed by atoms with van der Waals surface area (Å²) in [5.74, 6) is -0.965. The van der Waals surface area contributed by atoms with Gasteiger partial charge in [0.25, 0.3) is 0 Å². The molecule has 1 N–H and O–H groups in total. The number of nitrogens with zero attached hydrogens (tertiary/aromatic N) is 1. The average molecular weight is 301 g/mol. The second kappa shape index (κ2) is 6.51. The Balaban J connectivity index is 2.46. The molecular weight excluding hydrogens is 290 g/mol. The summed E-state index contributed by atoms with van der Waals surface area (Å²) in [6.45, 7) is 0. The van der Waals surface area contributed by atoms with Crippen LogP contribution in [-0.2, 0) is 0 Å². The van der Waals surface area contributed by atoms with Gasteiger partial charge in [-0.3, -0.25) is 0 Å². The molecule has 0 saturated heterocycles. The highest BCUT2D eigenvalue weighted by atomic mass is 32.2. The van der Waals surface area contributed by atoms with Gasteiger partial charge in [-0.1, -0.05) is 30.0 Å². The Labute approximate surface area is 125 Å². The summed E-state index contributed by atoms with van der Waals surface area (Å²) in [6.07, 6.45) is 1.91. The first-order valence-corrected chi connectivity index (χ1v) is 7.78. The van der Waals surface area contributed by atoms with Crippen LogP contribution in [0.5, 0.6) is 0 Å². The molecule has 2 rings (SSSR count). The average Bonchev–Trinajstić information content (AvgIpc) is 2.47. The molecule has 0 aliphatic rings. The summed E-state index contributed by atoms with van der Waals surface area (Å²) < 4.78 is 0. The van der Waals surface area contributed by atoms with Gasteiger partial charge in [-0.15, -0.1) is 11.8 Å². The maximum absolute atomic E-state index is 11.2. The predicted molar refractivity (Wildman–Crippen MR) is 80.5 cm³/mol. The SMILES string of the molecule is CSc1cccc(Sc2ccccc2C(=O)O)c1C#N. The summed E-state index contributed by atoms with van der Waals surface area (Å²) >= 11 is 2.81. The molecule has 3 nitrogen and oxygen atoms in total. The zero-order valence-corrected chi connectivity index (χ0v) is 12.3. The molecule has 0 radical (unpaired) electrons. The third kappa shape index (κ3) is 2.98. The molecule has 5 heteroatoms. The first-order valence-electron chi connectivity index (χ1n) is 5.74. The quantitative estimate of drug-likeness (QED) is 0.860. The molecule has 0 saturated carbocycles. The van der Waals surface area contributed by atoms with Gasteiger partial charge < -0.3 is 5.11 Å². The van der Waals surface area contributed by atoms with E-state index in [1.165, 1.54) is 23.5 Å². The highest BCUT2D eigenvalue weighted by Crippen LogP contribution is 2.35. The molecule has 0 unspecified atom stereocenters. The van der Waals surface area contributed by atoms with Gasteiger partial charge in [0.1, 0.15) is 6.07 Å². The van der Waals surface area contributed by atoms with Crippen LogP contribution >= 0.6 is 23.5 Å². The maximum atomic E-state index is 11.2. The molecule has 0 aliphatic heterocycles. The number of hydrogen-bond acceptors (Lipinski definition) is 4. The van der Waals surface area contributed by atoms with Crippen molar-refractivity contribution in [1.82, 2.24) is 0 Å². The molecule has 0 aromatic heterocycles. The largest absolute Gasteiger partial charge is 0.478 e. The summed E-state index contributed by atoms with van der Waals surface area (Å²) in [5.41, 5.74) is 0.834. The third-order valence-electron chi connectivity index (χ3n) is 2.66. The van der Waals surface area contributed by atoms with Crippen LogP contribution < -0.4 is 0 Å². The fourth-order valence-corrected chi connectivity index (χ4v) is 3.42. The van der Waals surface area contributed by atoms with Crippen molar-refractivity contribution in [3.05, 3.63) is 53.6 Å². The molecule has 0 bridgehead atoms. The Bertz CT molecular complexity index is 693. The number of thioether (sulfide) groups is 1. The van der Waals surface area contributed by atoms with Crippen LogP contribution in [0.25, 0.3) is 0 Å². The minimum Gasteiger partial charge on any atom is -0.478 e. The van der Waals surface area contributed by atoms with Crippen molar-refractivity contribution in [2.24, 2.45) is 0 Å². The standard InChI is InChI=1S/C15H11NO2S2/c1-19-12-7-4-8-14(11(12)9-16)20-13-6-3-2-5-10(13)15(17)18/h2-8H,1H3,(H,17,18). The minimum atomic E-state index is -0.965. The predicted octanol–water partition coefficient (Wildman–Crippen LogP) is 4.13. The van der Waals surface area contributed by atoms with Crippen LogP contribution in [-0.4, -0.2) is 17.3 Å². The van der Waals surface area contributed by atoms with E-state index in [2.05, 4.69) is 6.07 Å². The third-order valence-corrected chi connectivity index (χ3v) is 4.57. The number of carboxylic acid groups (broad SMARTS) is 1. The van der Waals surface area contributed by atoms with Crippen LogP contribution in [0.2, 0.25) is 0 Å². The number of hydrogen-bond donors (Lipinski definition) is 1. The van der Waals surface area contributed by atoms with E-state index >= 15 is 0 Å². The van der Waals surface area contributed by atoms with Gasteiger partial charge in [-0.2, -0.15) is 5.26 Å². The first kappa shape index (κ1) is 14.5. The lowest BCUT2D eigenvalue weighted by molar-refractivity contribution is 0.0693. The van der Waals surface area contributed by atoms with E-state index in [1.54, 1.807) is 24.3 Å². The smallest absolute Gasteiger partial charge is 0.336 e. The monoisotopic (exact) mass is 301 g/mol. The number of carbonyl (C=O) groups is 1. The number of carboxylic acids is 1. The fraction of sp³-hybridized carbons (Fsp3) is 0.0667. The van der Waals surface area contributed by atoms with Crippen LogP contribution in [0.4, 0.5) is 0 Å². The summed E-state index contributed by atoms with van der Waals surface area (Å²) in [4.78, 5) is 13.5. The van der Waals surface area contributed by atoms with Gasteiger partial charge in [0.2, 0.25) is 0 Å². The Hall–Kier alpha value is -1.90. The zero-order chi connectivity index (χ0) is 14.5. The van der Waals surface area contributed by atoms with Gasteiger partial charge in [0.05, 0.1) is 11.1 Å². The zero-order valence-electron chi connectivity index (χ0n) is 10.7. The first-order chi connectivity index (χ1) is 9.67. The Kier molecular flexibility index (Phi) is 4.72. The van der Waals surface area contributed by atoms with Crippen molar-refractivity contribution < 1.29 is 9.90 Å². The lowest BCUT2D eigenvalue weighted by Gasteiger charge is -2.09. The van der Waals surface area contributed by atoms with Crippen LogP contribution in [0.15, 0.2) is 57.2 Å². The van der Waals surface area contributed by atoms with Gasteiger partial charge in [0.15, 0.2) is 0 Å². The molecule has 0 fully saturated rings. The molecule has 0 amide bonds. The van der Waals surface area contributed by atoms with E-state index in [9.17, 15) is 15.2 Å². The number of benzene rings is 2. The van der Waals surface area contributed by atoms with Gasteiger partial charge in [-0.05, 0) is 30.5 Å². The van der Waals surface area contributed by atoms with Crippen molar-refractivity contribution in [3.8, 4) is 6.07 Å². The molecular formula is C15H11NO2S2. The van der Waals surface area contributed by atoms with Crippen molar-refractivity contribution in [1.29, 1.82) is 5.26 Å². The summed E-state index contributed by atoms with van der Waals surface area (Å²) in [5, 5.41) is 18.5. The highest BCUT2D eigenvalue weighted by Gasteiger charge is 2.13. The lowest BCUT2D eigenvalue weighted by atomic mass is 10.2. The number of rotatable bonds is 4. The molecule has 20 heavy (non-hydrogen) atoms. The molecule has 2 aromatic carbocycles. The van der Waals surface area contributed by atoms with E-state index < -0.39 is 5.97 Å². The van der Waals surface area contributed by atoms with Crippen LogP contribution in [0.3, 0.4) is 0 Å². The Morgan fingerprint density at radius 2 is 1.75 bits per heavy atom. The maximum Gasteiger partial charge on any atom is 0.336 e. The Morgan fingerprint density at radius 1 is 1.10 bits per heavy atom. The topological polar surface area (TPSA) is 61.1 Å². The van der Waals surface area contributed by atoms with Crippen LogP contribution in [0, 0.1) is 11.3 Å². The molecule has 100 valence electrons. The second-order valence-corrected chi connectivity index (χ2v) is 5.78. The van der Waals surface area contributed by atoms with Crippen molar-refractivity contribution in [3.63, 3.8) is 0 Å². The Morgan fingerprint density at radius 3 is 2.40 bits per heavy atom. The molecule has 0 atom stereocenters. The van der Waals surface area contributed by atoms with E-state index in [0.717, 1.165) is 9.79 Å². The number of aromatic carboxylic acids is 1. The molecule has 0 heterocycles. The molecule has 0 spiro atoms. The van der Waals surface area contributed by atoms with E-state index in [4.69, 9.17) is 0 Å². The molecule has 2 aromatic rings. The molecule has 0 aliphatic carbocycles. The number of nitriles is 1. The van der Waals surface area contributed by atoms with Crippen LogP contribution in [0.1, 0.15) is 15.9 Å². The van der Waals surface area contributed by atoms with E-state index in [1.807, 2.05) is 24.5 Å². The second-order valence-electron chi connectivity index (χ2n) is 3.85. The normalized spacial score (nSPS) is 10.0. The van der Waals surface area contributed by atoms with Gasteiger partial charge in [-0.25, -0.2) is 4.79 Å². The summed E-state index contributed by atoms with van der Waals surface area (Å²) in [7, 11) is 0. The lowest BCUT2D eigenvalue weighted by Crippen LogP contribution is -1.98. The fourth-order valence-electron chi connectivity index (χ4n) is 1.73. The van der Waals surface area contributed by atoms with Crippen molar-refractivity contribution >= 4 is 29.5 Å². The minimum absolute atomic E-state index is 0.246. The summed E-state index contributed by atoms with van der Waals surface area (Å²) in [6, 6.07) is 14.6. The van der Waals surface area contributed by atoms with Gasteiger partial charge >= 0.3 is 5.97 Å². The van der Waals surface area contributed by atoms with Crippen molar-refractivity contribution in [2.45, 2.75) is 14.7 Å². The van der Waals surface area contributed by atoms with Crippen molar-refractivity contribution in [2.75, 3.05) is 6.26 Å². The highest BCUT2D eigenvalue weighted by molar-refractivity contribution is 8.00. The van der Waals surface area contributed by atoms with Gasteiger partial charge in [0, 0.05) is 14.7 Å².